The Balaban J connectivity index is 1.19. The Bertz CT molecular complexity index is 2190. The summed E-state index contributed by atoms with van der Waals surface area (Å²) in [6, 6.07) is 53.8. The molecule has 0 amide bonds. The third-order valence-electron chi connectivity index (χ3n) is 11.3. The highest BCUT2D eigenvalue weighted by Gasteiger charge is 2.44. The van der Waals surface area contributed by atoms with Gasteiger partial charge in [-0.2, -0.15) is 0 Å². The number of hydrogen-bond donors (Lipinski definition) is 0. The van der Waals surface area contributed by atoms with Crippen molar-refractivity contribution in [3.05, 3.63) is 157 Å². The molecule has 0 spiro atoms. The molecular formula is C51H61O4Si4. The van der Waals surface area contributed by atoms with E-state index in [9.17, 15) is 0 Å². The second kappa shape index (κ2) is 17.9. The van der Waals surface area contributed by atoms with E-state index in [0.717, 1.165) is 25.7 Å². The van der Waals surface area contributed by atoms with Gasteiger partial charge in [0, 0.05) is 12.0 Å². The van der Waals surface area contributed by atoms with E-state index < -0.39 is 34.7 Å². The van der Waals surface area contributed by atoms with Crippen molar-refractivity contribution in [1.82, 2.24) is 0 Å². The number of hydrogen-bond acceptors (Lipinski definition) is 4. The van der Waals surface area contributed by atoms with Crippen LogP contribution in [0.4, 0.5) is 0 Å². The lowest BCUT2D eigenvalue weighted by Crippen LogP contribution is -2.55. The first-order chi connectivity index (χ1) is 28.2. The highest BCUT2D eigenvalue weighted by Crippen LogP contribution is 2.55. The predicted octanol–water partition coefficient (Wildman–Crippen LogP) is 14.6. The molecule has 6 aromatic rings. The Kier molecular flexibility index (Phi) is 13.1. The van der Waals surface area contributed by atoms with Gasteiger partial charge in [0.1, 0.15) is 0 Å². The highest BCUT2D eigenvalue weighted by atomic mass is 28.5. The third kappa shape index (κ3) is 10.2. The van der Waals surface area contributed by atoms with E-state index in [1.54, 1.807) is 0 Å². The van der Waals surface area contributed by atoms with Crippen LogP contribution < -0.4 is 0 Å². The molecule has 1 aliphatic carbocycles. The molecule has 0 N–H and O–H groups in total. The Hall–Kier alpha value is -3.97. The van der Waals surface area contributed by atoms with E-state index in [0.29, 0.717) is 6.61 Å². The molecule has 0 aliphatic heterocycles. The van der Waals surface area contributed by atoms with Crippen molar-refractivity contribution >= 4 is 34.7 Å². The van der Waals surface area contributed by atoms with Crippen molar-refractivity contribution in [2.45, 2.75) is 90.4 Å². The first kappa shape index (κ1) is 43.1. The Morgan fingerprint density at radius 2 is 0.847 bits per heavy atom. The molecule has 0 heterocycles. The molecule has 7 rings (SSSR count). The summed E-state index contributed by atoms with van der Waals surface area (Å²) in [7, 11) is -8.13. The summed E-state index contributed by atoms with van der Waals surface area (Å²) in [5.74, 6) is 0. The second-order valence-electron chi connectivity index (χ2n) is 17.6. The molecule has 0 fully saturated rings. The fraction of sp³-hybridized carbons (Fsp3) is 0.294. The molecule has 0 bridgehead atoms. The molecule has 0 aromatic heterocycles. The van der Waals surface area contributed by atoms with Crippen LogP contribution in [0.2, 0.25) is 52.4 Å². The average Bonchev–Trinajstić information content (AvgIpc) is 3.47. The van der Waals surface area contributed by atoms with Crippen molar-refractivity contribution in [3.8, 4) is 55.6 Å². The van der Waals surface area contributed by atoms with Gasteiger partial charge in [-0.15, -0.1) is 0 Å². The van der Waals surface area contributed by atoms with E-state index in [-0.39, 0.29) is 5.41 Å². The molecular weight excluding hydrogens is 789 g/mol. The molecule has 1 aliphatic rings. The Labute approximate surface area is 359 Å². The lowest BCUT2D eigenvalue weighted by atomic mass is 9.70. The smallest absolute Gasteiger partial charge is 0.322 e. The first-order valence-electron chi connectivity index (χ1n) is 21.3. The van der Waals surface area contributed by atoms with E-state index in [1.807, 2.05) is 0 Å². The number of benzene rings is 6. The average molecular weight is 850 g/mol. The zero-order chi connectivity index (χ0) is 41.8. The van der Waals surface area contributed by atoms with Crippen LogP contribution in [0.3, 0.4) is 0 Å². The fourth-order valence-corrected chi connectivity index (χ4v) is 24.7. The highest BCUT2D eigenvalue weighted by molar-refractivity contribution is 6.86. The van der Waals surface area contributed by atoms with Crippen molar-refractivity contribution < 1.29 is 16.8 Å². The summed E-state index contributed by atoms with van der Waals surface area (Å²) in [5, 5.41) is 0. The molecule has 59 heavy (non-hydrogen) atoms. The van der Waals surface area contributed by atoms with Crippen LogP contribution in [0.1, 0.15) is 43.7 Å². The van der Waals surface area contributed by atoms with Gasteiger partial charge in [0.05, 0.1) is 0 Å². The SMILES string of the molecule is CCCC1(CCCO[Si](C)(C)O[Si](C)(C)O[Si](C)(C)O[Si](C)C)c2cc(-c3ccc(-c4ccccc4)cc3)ccc2-c2ccc(-c3ccc(-c4ccccc4)cc3)cc21. The Morgan fingerprint density at radius 3 is 1.27 bits per heavy atom. The van der Waals surface area contributed by atoms with E-state index in [1.165, 1.54) is 66.8 Å². The fourth-order valence-electron chi connectivity index (χ4n) is 9.35. The van der Waals surface area contributed by atoms with Crippen LogP contribution in [-0.2, 0) is 22.2 Å². The van der Waals surface area contributed by atoms with Crippen LogP contribution >= 0.6 is 0 Å². The van der Waals surface area contributed by atoms with Gasteiger partial charge in [0.2, 0.25) is 0 Å². The summed E-state index contributed by atoms with van der Waals surface area (Å²) in [4.78, 5) is 0. The van der Waals surface area contributed by atoms with E-state index in [2.05, 4.69) is 205 Å². The van der Waals surface area contributed by atoms with Crippen LogP contribution in [-0.4, -0.2) is 41.3 Å². The number of rotatable bonds is 17. The topological polar surface area (TPSA) is 36.9 Å². The minimum Gasteiger partial charge on any atom is -0.437 e. The molecule has 0 unspecified atom stereocenters. The molecule has 8 heteroatoms. The summed E-state index contributed by atoms with van der Waals surface area (Å²) in [5.41, 5.74) is 15.4. The van der Waals surface area contributed by atoms with Crippen LogP contribution in [0, 0.1) is 0 Å². The predicted molar refractivity (Wildman–Crippen MR) is 258 cm³/mol. The molecule has 0 saturated carbocycles. The molecule has 1 radical (unpaired) electrons. The maximum atomic E-state index is 6.80. The number of fused-ring (bicyclic) bond motifs is 3. The molecule has 0 atom stereocenters. The quantitative estimate of drug-likeness (QED) is 0.0677. The largest absolute Gasteiger partial charge is 0.437 e. The maximum absolute atomic E-state index is 6.80. The first-order valence-corrected chi connectivity index (χ1v) is 32.2. The Morgan fingerprint density at radius 1 is 0.458 bits per heavy atom. The minimum absolute atomic E-state index is 0.154. The normalized spacial score (nSPS) is 13.7. The molecule has 305 valence electrons. The zero-order valence-corrected chi connectivity index (χ0v) is 40.5. The maximum Gasteiger partial charge on any atom is 0.322 e. The summed E-state index contributed by atoms with van der Waals surface area (Å²) < 4.78 is 26.5. The van der Waals surface area contributed by atoms with Crippen molar-refractivity contribution in [2.75, 3.05) is 6.61 Å². The zero-order valence-electron chi connectivity index (χ0n) is 36.5. The lowest BCUT2D eigenvalue weighted by molar-refractivity contribution is 0.213. The van der Waals surface area contributed by atoms with Gasteiger partial charge in [0.25, 0.3) is 0 Å². The van der Waals surface area contributed by atoms with Gasteiger partial charge in [-0.05, 0) is 151 Å². The standard InChI is InChI=1S/C51H61O4Si4/c1-10-34-51(35-17-36-52-57(4,5)54-59(8,9)55-58(6,7)53-56(2)3)49-37-45(43-26-22-41(23-27-43)39-18-13-11-14-19-39)30-32-47(49)48-33-31-46(38-50(48)51)44-28-24-42(25-29-44)40-20-15-12-16-21-40/h11-16,18-33,37-38H,10,17,34-36H2,1-9H3. The third-order valence-corrected chi connectivity index (χ3v) is 23.7. The van der Waals surface area contributed by atoms with Crippen LogP contribution in [0.15, 0.2) is 146 Å². The minimum atomic E-state index is -2.49. The van der Waals surface area contributed by atoms with Crippen LogP contribution in [0.5, 0.6) is 0 Å². The lowest BCUT2D eigenvalue weighted by Gasteiger charge is -2.38. The van der Waals surface area contributed by atoms with E-state index >= 15 is 0 Å². The van der Waals surface area contributed by atoms with Gasteiger partial charge < -0.3 is 16.8 Å². The van der Waals surface area contributed by atoms with Gasteiger partial charge >= 0.3 is 25.7 Å². The van der Waals surface area contributed by atoms with Crippen molar-refractivity contribution in [3.63, 3.8) is 0 Å². The summed E-state index contributed by atoms with van der Waals surface area (Å²) >= 11 is 0. The monoisotopic (exact) mass is 849 g/mol. The van der Waals surface area contributed by atoms with Gasteiger partial charge in [-0.1, -0.05) is 147 Å². The van der Waals surface area contributed by atoms with Gasteiger partial charge in [-0.25, -0.2) is 0 Å². The molecule has 4 nitrogen and oxygen atoms in total. The summed E-state index contributed by atoms with van der Waals surface area (Å²) in [6.45, 7) is 20.2. The van der Waals surface area contributed by atoms with Crippen LogP contribution in [0.25, 0.3) is 55.6 Å². The second-order valence-corrected chi connectivity index (χ2v) is 30.6. The van der Waals surface area contributed by atoms with Crippen molar-refractivity contribution in [2.24, 2.45) is 0 Å². The van der Waals surface area contributed by atoms with Gasteiger partial charge in [-0.3, -0.25) is 0 Å². The molecule has 6 aromatic carbocycles. The van der Waals surface area contributed by atoms with Crippen molar-refractivity contribution in [1.29, 1.82) is 0 Å². The molecule has 0 saturated heterocycles. The van der Waals surface area contributed by atoms with E-state index in [4.69, 9.17) is 16.8 Å². The summed E-state index contributed by atoms with van der Waals surface area (Å²) in [6.07, 6.45) is 4.05. The van der Waals surface area contributed by atoms with Gasteiger partial charge in [0.15, 0.2) is 9.04 Å².